The number of hydrogen-bond acceptors (Lipinski definition) is 1. The van der Waals surface area contributed by atoms with Crippen molar-refractivity contribution in [2.45, 2.75) is 26.2 Å². The molecule has 0 unspecified atom stereocenters. The van der Waals surface area contributed by atoms with Crippen LogP contribution in [0.2, 0.25) is 0 Å². The van der Waals surface area contributed by atoms with Crippen molar-refractivity contribution in [2.24, 2.45) is 0 Å². The van der Waals surface area contributed by atoms with Gasteiger partial charge in [-0.15, -0.1) is 0 Å². The molecule has 2 rings (SSSR count). The largest absolute Gasteiger partial charge is 0.477 e. The zero-order valence-corrected chi connectivity index (χ0v) is 10.4. The molecule has 3 heteroatoms. The number of aryl methyl sites for hydroxylation is 1. The zero-order valence-electron chi connectivity index (χ0n) is 10.4. The molecule has 0 atom stereocenters. The van der Waals surface area contributed by atoms with Gasteiger partial charge in [0.1, 0.15) is 5.69 Å². The van der Waals surface area contributed by atoms with Gasteiger partial charge in [-0.25, -0.2) is 4.79 Å². The van der Waals surface area contributed by atoms with E-state index in [9.17, 15) is 4.79 Å². The van der Waals surface area contributed by atoms with Crippen LogP contribution in [-0.4, -0.2) is 16.1 Å². The lowest BCUT2D eigenvalue weighted by molar-refractivity contribution is 0.0691. The third-order valence-corrected chi connectivity index (χ3v) is 3.00. The van der Waals surface area contributed by atoms with E-state index in [1.165, 1.54) is 18.4 Å². The summed E-state index contributed by atoms with van der Waals surface area (Å²) in [5, 5.41) is 8.86. The third-order valence-electron chi connectivity index (χ3n) is 3.00. The summed E-state index contributed by atoms with van der Waals surface area (Å²) in [5.41, 5.74) is 3.41. The normalized spacial score (nSPS) is 10.5. The summed E-state index contributed by atoms with van der Waals surface area (Å²) >= 11 is 0. The van der Waals surface area contributed by atoms with Crippen LogP contribution in [0.15, 0.2) is 36.4 Å². The van der Waals surface area contributed by atoms with Crippen molar-refractivity contribution in [3.63, 3.8) is 0 Å². The number of rotatable bonds is 5. The van der Waals surface area contributed by atoms with Crippen LogP contribution in [-0.2, 0) is 6.42 Å². The second-order valence-corrected chi connectivity index (χ2v) is 4.39. The number of benzene rings is 1. The molecular weight excluding hydrogens is 226 g/mol. The Labute approximate surface area is 106 Å². The minimum Gasteiger partial charge on any atom is -0.477 e. The van der Waals surface area contributed by atoms with Crippen LogP contribution in [0.4, 0.5) is 0 Å². The summed E-state index contributed by atoms with van der Waals surface area (Å²) < 4.78 is 0. The maximum Gasteiger partial charge on any atom is 0.352 e. The topological polar surface area (TPSA) is 53.1 Å². The van der Waals surface area contributed by atoms with E-state index in [1.807, 2.05) is 12.1 Å². The lowest BCUT2D eigenvalue weighted by atomic mass is 10.1. The molecule has 0 aliphatic rings. The van der Waals surface area contributed by atoms with Crippen molar-refractivity contribution in [3.05, 3.63) is 47.7 Å². The van der Waals surface area contributed by atoms with Gasteiger partial charge in [0.25, 0.3) is 0 Å². The number of hydrogen-bond donors (Lipinski definition) is 2. The van der Waals surface area contributed by atoms with Gasteiger partial charge in [0.2, 0.25) is 0 Å². The van der Waals surface area contributed by atoms with E-state index in [4.69, 9.17) is 5.11 Å². The summed E-state index contributed by atoms with van der Waals surface area (Å²) in [6, 6.07) is 11.6. The number of aromatic carboxylic acids is 1. The van der Waals surface area contributed by atoms with Crippen LogP contribution in [0.1, 0.15) is 35.8 Å². The van der Waals surface area contributed by atoms with Crippen LogP contribution in [0.25, 0.3) is 11.3 Å². The van der Waals surface area contributed by atoms with Gasteiger partial charge in [0.15, 0.2) is 0 Å². The SMILES string of the molecule is CCCCc1ccc(-c2ccc(C(=O)O)[nH]2)cc1. The predicted molar refractivity (Wildman–Crippen MR) is 71.8 cm³/mol. The van der Waals surface area contributed by atoms with E-state index in [0.717, 1.165) is 17.7 Å². The van der Waals surface area contributed by atoms with Crippen LogP contribution in [0.3, 0.4) is 0 Å². The molecule has 0 radical (unpaired) electrons. The second kappa shape index (κ2) is 5.54. The molecule has 0 fully saturated rings. The number of aromatic amines is 1. The molecule has 0 bridgehead atoms. The van der Waals surface area contributed by atoms with Gasteiger partial charge in [0, 0.05) is 5.69 Å². The molecule has 2 aromatic rings. The van der Waals surface area contributed by atoms with Crippen molar-refractivity contribution in [3.8, 4) is 11.3 Å². The number of carboxylic acid groups (broad SMARTS) is 1. The Morgan fingerprint density at radius 2 is 1.89 bits per heavy atom. The molecule has 0 saturated heterocycles. The minimum atomic E-state index is -0.930. The molecule has 3 nitrogen and oxygen atoms in total. The van der Waals surface area contributed by atoms with E-state index in [-0.39, 0.29) is 5.69 Å². The first-order valence-corrected chi connectivity index (χ1v) is 6.22. The highest BCUT2D eigenvalue weighted by atomic mass is 16.4. The number of H-pyrrole nitrogens is 1. The fourth-order valence-electron chi connectivity index (χ4n) is 1.92. The average molecular weight is 243 g/mol. The van der Waals surface area contributed by atoms with E-state index < -0.39 is 5.97 Å². The predicted octanol–water partition coefficient (Wildman–Crippen LogP) is 3.72. The van der Waals surface area contributed by atoms with Crippen molar-refractivity contribution in [1.29, 1.82) is 0 Å². The molecule has 1 aromatic carbocycles. The average Bonchev–Trinajstić information content (AvgIpc) is 2.87. The van der Waals surface area contributed by atoms with Gasteiger partial charge in [-0.1, -0.05) is 37.6 Å². The fraction of sp³-hybridized carbons (Fsp3) is 0.267. The van der Waals surface area contributed by atoms with Gasteiger partial charge in [-0.2, -0.15) is 0 Å². The molecule has 18 heavy (non-hydrogen) atoms. The van der Waals surface area contributed by atoms with Crippen molar-refractivity contribution in [2.75, 3.05) is 0 Å². The maximum absolute atomic E-state index is 10.8. The summed E-state index contributed by atoms with van der Waals surface area (Å²) in [6.45, 7) is 2.18. The molecule has 1 heterocycles. The first kappa shape index (κ1) is 12.4. The molecule has 94 valence electrons. The summed E-state index contributed by atoms with van der Waals surface area (Å²) in [5.74, 6) is -0.930. The first-order valence-electron chi connectivity index (χ1n) is 6.22. The van der Waals surface area contributed by atoms with Crippen molar-refractivity contribution < 1.29 is 9.90 Å². The number of nitrogens with one attached hydrogen (secondary N) is 1. The summed E-state index contributed by atoms with van der Waals surface area (Å²) in [6.07, 6.45) is 3.49. The van der Waals surface area contributed by atoms with E-state index in [1.54, 1.807) is 12.1 Å². The molecular formula is C15H17NO2. The first-order chi connectivity index (χ1) is 8.70. The molecule has 1 aromatic heterocycles. The smallest absolute Gasteiger partial charge is 0.352 e. The Morgan fingerprint density at radius 1 is 1.17 bits per heavy atom. The highest BCUT2D eigenvalue weighted by Gasteiger charge is 2.06. The Bertz CT molecular complexity index is 526. The van der Waals surface area contributed by atoms with Gasteiger partial charge < -0.3 is 10.1 Å². The lowest BCUT2D eigenvalue weighted by Gasteiger charge is -2.02. The van der Waals surface area contributed by atoms with Crippen molar-refractivity contribution >= 4 is 5.97 Å². The zero-order chi connectivity index (χ0) is 13.0. The molecule has 0 spiro atoms. The van der Waals surface area contributed by atoms with E-state index in [0.29, 0.717) is 0 Å². The van der Waals surface area contributed by atoms with E-state index >= 15 is 0 Å². The van der Waals surface area contributed by atoms with Crippen molar-refractivity contribution in [1.82, 2.24) is 4.98 Å². The Morgan fingerprint density at radius 3 is 2.44 bits per heavy atom. The molecule has 0 aliphatic carbocycles. The molecule has 0 aliphatic heterocycles. The maximum atomic E-state index is 10.8. The van der Waals surface area contributed by atoms with Gasteiger partial charge >= 0.3 is 5.97 Å². The standard InChI is InChI=1S/C15H17NO2/c1-2-3-4-11-5-7-12(8-6-11)13-9-10-14(16-13)15(17)18/h5-10,16H,2-4H2,1H3,(H,17,18). The van der Waals surface area contributed by atoms with Crippen LogP contribution in [0, 0.1) is 0 Å². The van der Waals surface area contributed by atoms with Crippen LogP contribution in [0.5, 0.6) is 0 Å². The highest BCUT2D eigenvalue weighted by molar-refractivity contribution is 5.86. The van der Waals surface area contributed by atoms with Crippen LogP contribution >= 0.6 is 0 Å². The van der Waals surface area contributed by atoms with Crippen LogP contribution < -0.4 is 0 Å². The quantitative estimate of drug-likeness (QED) is 0.840. The Hall–Kier alpha value is -2.03. The van der Waals surface area contributed by atoms with Gasteiger partial charge in [-0.05, 0) is 36.1 Å². The minimum absolute atomic E-state index is 0.222. The molecule has 2 N–H and O–H groups in total. The second-order valence-electron chi connectivity index (χ2n) is 4.39. The monoisotopic (exact) mass is 243 g/mol. The van der Waals surface area contributed by atoms with E-state index in [2.05, 4.69) is 24.0 Å². The number of carboxylic acids is 1. The van der Waals surface area contributed by atoms with Gasteiger partial charge in [-0.3, -0.25) is 0 Å². The molecule has 0 amide bonds. The summed E-state index contributed by atoms with van der Waals surface area (Å²) in [7, 11) is 0. The Kier molecular flexibility index (Phi) is 3.82. The fourth-order valence-corrected chi connectivity index (χ4v) is 1.92. The number of unbranched alkanes of at least 4 members (excludes halogenated alkanes) is 1. The third kappa shape index (κ3) is 2.80. The number of aromatic nitrogens is 1. The number of carbonyl (C=O) groups is 1. The van der Waals surface area contributed by atoms with Gasteiger partial charge in [0.05, 0.1) is 0 Å². The summed E-state index contributed by atoms with van der Waals surface area (Å²) in [4.78, 5) is 13.7. The highest BCUT2D eigenvalue weighted by Crippen LogP contribution is 2.19. The lowest BCUT2D eigenvalue weighted by Crippen LogP contribution is -1.95. The molecule has 0 saturated carbocycles. The Balaban J connectivity index is 2.15.